The molecule has 0 aromatic heterocycles. The van der Waals surface area contributed by atoms with Crippen molar-refractivity contribution < 1.29 is 9.90 Å². The largest absolute Gasteiger partial charge is 0.480 e. The van der Waals surface area contributed by atoms with Crippen molar-refractivity contribution in [2.24, 2.45) is 5.92 Å². The number of carboxylic acid groups (broad SMARTS) is 1. The Morgan fingerprint density at radius 1 is 1.09 bits per heavy atom. The lowest BCUT2D eigenvalue weighted by Gasteiger charge is -2.36. The van der Waals surface area contributed by atoms with E-state index in [2.05, 4.69) is 11.8 Å². The van der Waals surface area contributed by atoms with E-state index in [4.69, 9.17) is 0 Å². The zero-order valence-electron chi connectivity index (χ0n) is 13.5. The van der Waals surface area contributed by atoms with Crippen LogP contribution in [0.4, 0.5) is 0 Å². The fraction of sp³-hybridized carbons (Fsp3) is 0.350. The first-order valence-corrected chi connectivity index (χ1v) is 8.26. The molecule has 0 unspecified atom stereocenters. The predicted octanol–water partition coefficient (Wildman–Crippen LogP) is 3.40. The summed E-state index contributed by atoms with van der Waals surface area (Å²) < 4.78 is 0. The van der Waals surface area contributed by atoms with Crippen LogP contribution in [0.1, 0.15) is 24.5 Å². The molecular formula is C20H23NO2. The van der Waals surface area contributed by atoms with Crippen LogP contribution in [0, 0.1) is 5.92 Å². The van der Waals surface area contributed by atoms with E-state index in [1.165, 1.54) is 0 Å². The zero-order valence-corrected chi connectivity index (χ0v) is 13.5. The maximum atomic E-state index is 12.6. The van der Waals surface area contributed by atoms with Gasteiger partial charge >= 0.3 is 5.97 Å². The summed E-state index contributed by atoms with van der Waals surface area (Å²) in [6.07, 6.45) is 0.907. The number of hydrogen-bond acceptors (Lipinski definition) is 2. The quantitative estimate of drug-likeness (QED) is 0.920. The number of hydrogen-bond donors (Lipinski definition) is 1. The molecule has 1 aliphatic rings. The van der Waals surface area contributed by atoms with Crippen LogP contribution in [0.25, 0.3) is 0 Å². The van der Waals surface area contributed by atoms with Crippen LogP contribution in [0.15, 0.2) is 60.7 Å². The SMILES string of the molecule is CCN1CC[C@@H](C(C(=O)O)(c2ccccc2)c2ccccc2)C1. The molecule has 120 valence electrons. The van der Waals surface area contributed by atoms with Gasteiger partial charge < -0.3 is 10.0 Å². The Hall–Kier alpha value is -2.13. The highest BCUT2D eigenvalue weighted by molar-refractivity contribution is 5.86. The molecule has 23 heavy (non-hydrogen) atoms. The molecule has 1 heterocycles. The van der Waals surface area contributed by atoms with Gasteiger partial charge in [-0.3, -0.25) is 4.79 Å². The van der Waals surface area contributed by atoms with Crippen LogP contribution >= 0.6 is 0 Å². The van der Waals surface area contributed by atoms with Gasteiger partial charge in [0.05, 0.1) is 0 Å². The van der Waals surface area contributed by atoms with Crippen molar-refractivity contribution in [1.82, 2.24) is 4.90 Å². The molecule has 3 heteroatoms. The van der Waals surface area contributed by atoms with Gasteiger partial charge in [0.25, 0.3) is 0 Å². The second kappa shape index (κ2) is 6.55. The van der Waals surface area contributed by atoms with Crippen molar-refractivity contribution in [2.45, 2.75) is 18.8 Å². The van der Waals surface area contributed by atoms with Gasteiger partial charge in [-0.1, -0.05) is 67.6 Å². The Kier molecular flexibility index (Phi) is 4.49. The van der Waals surface area contributed by atoms with Gasteiger partial charge in [0.2, 0.25) is 0 Å². The van der Waals surface area contributed by atoms with Crippen LogP contribution in [0.5, 0.6) is 0 Å². The van der Waals surface area contributed by atoms with E-state index in [0.717, 1.165) is 37.2 Å². The maximum absolute atomic E-state index is 12.6. The molecule has 1 aliphatic heterocycles. The normalized spacial score (nSPS) is 18.9. The first-order valence-electron chi connectivity index (χ1n) is 8.26. The van der Waals surface area contributed by atoms with E-state index >= 15 is 0 Å². The number of rotatable bonds is 5. The molecule has 1 fully saturated rings. The third-order valence-corrected chi connectivity index (χ3v) is 5.13. The highest BCUT2D eigenvalue weighted by atomic mass is 16.4. The molecule has 2 aromatic rings. The number of nitrogens with zero attached hydrogens (tertiary/aromatic N) is 1. The molecule has 0 amide bonds. The second-order valence-corrected chi connectivity index (χ2v) is 6.22. The monoisotopic (exact) mass is 309 g/mol. The molecule has 1 N–H and O–H groups in total. The van der Waals surface area contributed by atoms with E-state index in [1.807, 2.05) is 60.7 Å². The molecule has 1 saturated heterocycles. The van der Waals surface area contributed by atoms with E-state index in [1.54, 1.807) is 0 Å². The summed E-state index contributed by atoms with van der Waals surface area (Å²) in [5.41, 5.74) is 0.773. The summed E-state index contributed by atoms with van der Waals surface area (Å²) in [5, 5.41) is 10.3. The summed E-state index contributed by atoms with van der Waals surface area (Å²) in [7, 11) is 0. The summed E-state index contributed by atoms with van der Waals surface area (Å²) in [6, 6.07) is 19.4. The van der Waals surface area contributed by atoms with Gasteiger partial charge in [-0.05, 0) is 36.6 Å². The summed E-state index contributed by atoms with van der Waals surface area (Å²) in [4.78, 5) is 14.9. The third-order valence-electron chi connectivity index (χ3n) is 5.13. The molecular weight excluding hydrogens is 286 g/mol. The van der Waals surface area contributed by atoms with Gasteiger partial charge in [-0.15, -0.1) is 0 Å². The van der Waals surface area contributed by atoms with E-state index in [0.29, 0.717) is 0 Å². The summed E-state index contributed by atoms with van der Waals surface area (Å²) >= 11 is 0. The first-order chi connectivity index (χ1) is 11.2. The first kappa shape index (κ1) is 15.8. The smallest absolute Gasteiger partial charge is 0.318 e. The van der Waals surface area contributed by atoms with Crippen LogP contribution < -0.4 is 0 Å². The molecule has 1 atom stereocenters. The Balaban J connectivity index is 2.18. The highest BCUT2D eigenvalue weighted by Crippen LogP contribution is 2.43. The number of aliphatic carboxylic acids is 1. The van der Waals surface area contributed by atoms with Gasteiger partial charge in [-0.2, -0.15) is 0 Å². The molecule has 0 radical (unpaired) electrons. The third kappa shape index (κ3) is 2.66. The number of carboxylic acids is 1. The van der Waals surface area contributed by atoms with Crippen LogP contribution in [0.2, 0.25) is 0 Å². The molecule has 3 nitrogen and oxygen atoms in total. The van der Waals surface area contributed by atoms with Crippen molar-refractivity contribution in [3.05, 3.63) is 71.8 Å². The maximum Gasteiger partial charge on any atom is 0.318 e. The van der Waals surface area contributed by atoms with E-state index in [9.17, 15) is 9.90 Å². The average molecular weight is 309 g/mol. The average Bonchev–Trinajstić information content (AvgIpc) is 3.06. The van der Waals surface area contributed by atoms with Crippen molar-refractivity contribution >= 4 is 5.97 Å². The predicted molar refractivity (Wildman–Crippen MR) is 91.5 cm³/mol. The van der Waals surface area contributed by atoms with Gasteiger partial charge in [0.1, 0.15) is 5.41 Å². The van der Waals surface area contributed by atoms with Crippen molar-refractivity contribution in [2.75, 3.05) is 19.6 Å². The van der Waals surface area contributed by atoms with E-state index in [-0.39, 0.29) is 5.92 Å². The molecule has 0 bridgehead atoms. The van der Waals surface area contributed by atoms with Gasteiger partial charge in [-0.25, -0.2) is 0 Å². The van der Waals surface area contributed by atoms with Crippen LogP contribution in [-0.4, -0.2) is 35.6 Å². The second-order valence-electron chi connectivity index (χ2n) is 6.22. The molecule has 0 spiro atoms. The zero-order chi connectivity index (χ0) is 16.3. The minimum atomic E-state index is -0.980. The summed E-state index contributed by atoms with van der Waals surface area (Å²) in [6.45, 7) is 4.90. The van der Waals surface area contributed by atoms with Crippen molar-refractivity contribution in [3.63, 3.8) is 0 Å². The standard InChI is InChI=1S/C20H23NO2/c1-2-21-14-13-18(15-21)20(19(22)23,16-9-5-3-6-10-16)17-11-7-4-8-12-17/h3-12,18H,2,13-15H2,1H3,(H,22,23)/t18-/m1/s1. The minimum Gasteiger partial charge on any atom is -0.480 e. The fourth-order valence-corrected chi connectivity index (χ4v) is 3.94. The lowest BCUT2D eigenvalue weighted by Crippen LogP contribution is -2.45. The molecule has 0 aliphatic carbocycles. The minimum absolute atomic E-state index is 0.0738. The Morgan fingerprint density at radius 2 is 1.61 bits per heavy atom. The molecule has 0 saturated carbocycles. The fourth-order valence-electron chi connectivity index (χ4n) is 3.94. The number of carbonyl (C=O) groups is 1. The highest BCUT2D eigenvalue weighted by Gasteiger charge is 2.50. The Bertz CT molecular complexity index is 614. The number of benzene rings is 2. The van der Waals surface area contributed by atoms with Crippen LogP contribution in [0.3, 0.4) is 0 Å². The van der Waals surface area contributed by atoms with Crippen molar-refractivity contribution in [1.29, 1.82) is 0 Å². The molecule has 3 rings (SSSR count). The topological polar surface area (TPSA) is 40.5 Å². The lowest BCUT2D eigenvalue weighted by molar-refractivity contribution is -0.144. The lowest BCUT2D eigenvalue weighted by atomic mass is 9.65. The van der Waals surface area contributed by atoms with Crippen molar-refractivity contribution in [3.8, 4) is 0 Å². The van der Waals surface area contributed by atoms with Crippen LogP contribution in [-0.2, 0) is 10.2 Å². The van der Waals surface area contributed by atoms with Gasteiger partial charge in [0, 0.05) is 6.54 Å². The van der Waals surface area contributed by atoms with Gasteiger partial charge in [0.15, 0.2) is 0 Å². The Labute approximate surface area is 137 Å². The van der Waals surface area contributed by atoms with E-state index < -0.39 is 11.4 Å². The summed E-state index contributed by atoms with van der Waals surface area (Å²) in [5.74, 6) is -0.678. The Morgan fingerprint density at radius 3 is 2.00 bits per heavy atom. The number of likely N-dealkylation sites (tertiary alicyclic amines) is 1. The molecule has 2 aromatic carbocycles.